The number of Topliss-reactive ketones (excluding diaryl/α,β-unsaturated/α-hetero) is 1. The van der Waals surface area contributed by atoms with Crippen LogP contribution in [0.2, 0.25) is 0 Å². The van der Waals surface area contributed by atoms with Crippen LogP contribution in [0.15, 0.2) is 48.5 Å². The van der Waals surface area contributed by atoms with E-state index in [2.05, 4.69) is 0 Å². The van der Waals surface area contributed by atoms with Crippen LogP contribution in [0.3, 0.4) is 0 Å². The molecule has 7 nitrogen and oxygen atoms in total. The molecule has 2 N–H and O–H groups in total. The molecule has 0 spiro atoms. The Morgan fingerprint density at radius 3 is 1.98 bits per heavy atom. The van der Waals surface area contributed by atoms with E-state index in [-0.39, 0.29) is 41.7 Å². The number of hydrogen-bond donors (Lipinski definition) is 2. The molecule has 3 aromatic carbocycles. The Morgan fingerprint density at radius 1 is 0.822 bits per heavy atom. The second kappa shape index (κ2) is 15.7. The number of rotatable bonds is 16. The van der Waals surface area contributed by atoms with Gasteiger partial charge >= 0.3 is 11.9 Å². The Hall–Kier alpha value is -4.20. The van der Waals surface area contributed by atoms with E-state index in [1.165, 1.54) is 6.07 Å². The third-order valence-electron chi connectivity index (χ3n) is 7.69. The van der Waals surface area contributed by atoms with Crippen LogP contribution < -0.4 is 9.47 Å². The highest BCUT2D eigenvalue weighted by atomic mass is 19.1. The molecule has 0 radical (unpaired) electrons. The van der Waals surface area contributed by atoms with Crippen molar-refractivity contribution >= 4 is 17.7 Å². The lowest BCUT2D eigenvalue weighted by atomic mass is 9.87. The van der Waals surface area contributed by atoms with Crippen LogP contribution >= 0.6 is 0 Å². The quantitative estimate of drug-likeness (QED) is 0.155. The summed E-state index contributed by atoms with van der Waals surface area (Å²) in [5, 5.41) is 19.5. The highest BCUT2D eigenvalue weighted by molar-refractivity contribution is 6.02. The van der Waals surface area contributed by atoms with E-state index in [0.29, 0.717) is 47.3 Å². The molecular weight excluding hydrogens is 575 g/mol. The molecule has 3 aromatic rings. The first-order chi connectivity index (χ1) is 21.3. The Balaban J connectivity index is 2.14. The zero-order chi connectivity index (χ0) is 33.4. The van der Waals surface area contributed by atoms with Gasteiger partial charge in [0.1, 0.15) is 17.3 Å². The van der Waals surface area contributed by atoms with Crippen LogP contribution in [0, 0.1) is 5.82 Å². The van der Waals surface area contributed by atoms with E-state index in [0.717, 1.165) is 5.56 Å². The van der Waals surface area contributed by atoms with E-state index >= 15 is 4.39 Å². The molecule has 0 heterocycles. The molecule has 0 saturated carbocycles. The lowest BCUT2D eigenvalue weighted by Crippen LogP contribution is -2.21. The van der Waals surface area contributed by atoms with Crippen molar-refractivity contribution in [1.82, 2.24) is 0 Å². The number of carboxylic acids is 2. The van der Waals surface area contributed by atoms with Crippen molar-refractivity contribution < 1.29 is 38.5 Å². The van der Waals surface area contributed by atoms with Crippen LogP contribution in [0.4, 0.5) is 4.39 Å². The predicted molar refractivity (Wildman–Crippen MR) is 172 cm³/mol. The molecule has 3 rings (SSSR count). The number of carboxylic acid groups (broad SMARTS) is 2. The molecule has 45 heavy (non-hydrogen) atoms. The fraction of sp³-hybridized carbons (Fsp3) is 0.432. The second-order valence-electron chi connectivity index (χ2n) is 12.1. The summed E-state index contributed by atoms with van der Waals surface area (Å²) in [5.41, 5.74) is 3.07. The molecule has 2 unspecified atom stereocenters. The summed E-state index contributed by atoms with van der Waals surface area (Å²) < 4.78 is 28.6. The van der Waals surface area contributed by atoms with Crippen molar-refractivity contribution in [3.63, 3.8) is 0 Å². The Bertz CT molecular complexity index is 1510. The average Bonchev–Trinajstić information content (AvgIpc) is 2.98. The van der Waals surface area contributed by atoms with Gasteiger partial charge in [-0.25, -0.2) is 9.18 Å². The Labute approximate surface area is 265 Å². The van der Waals surface area contributed by atoms with Gasteiger partial charge in [0.15, 0.2) is 5.78 Å². The lowest BCUT2D eigenvalue weighted by Gasteiger charge is -2.24. The fourth-order valence-corrected chi connectivity index (χ4v) is 5.40. The number of aliphatic carboxylic acids is 2. The summed E-state index contributed by atoms with van der Waals surface area (Å²) in [4.78, 5) is 37.9. The van der Waals surface area contributed by atoms with Crippen molar-refractivity contribution in [1.29, 1.82) is 0 Å². The van der Waals surface area contributed by atoms with Crippen molar-refractivity contribution in [3.8, 4) is 11.5 Å². The average molecular weight is 621 g/mol. The van der Waals surface area contributed by atoms with Gasteiger partial charge in [-0.3, -0.25) is 9.59 Å². The molecule has 0 amide bonds. The van der Waals surface area contributed by atoms with Gasteiger partial charge in [-0.15, -0.1) is 0 Å². The van der Waals surface area contributed by atoms with Gasteiger partial charge in [-0.1, -0.05) is 83.9 Å². The first-order valence-corrected chi connectivity index (χ1v) is 15.7. The number of carbonyl (C=O) groups is 3. The molecule has 0 saturated heterocycles. The number of benzene rings is 3. The number of carbonyl (C=O) groups excluding carboxylic acids is 1. The summed E-state index contributed by atoms with van der Waals surface area (Å²) in [6.45, 7) is 13.3. The van der Waals surface area contributed by atoms with Gasteiger partial charge < -0.3 is 19.7 Å². The Morgan fingerprint density at radius 2 is 1.44 bits per heavy atom. The molecule has 0 bridgehead atoms. The van der Waals surface area contributed by atoms with E-state index in [9.17, 15) is 24.6 Å². The van der Waals surface area contributed by atoms with E-state index in [1.54, 1.807) is 37.3 Å². The van der Waals surface area contributed by atoms with Gasteiger partial charge in [0.05, 0.1) is 18.1 Å². The van der Waals surface area contributed by atoms with E-state index in [4.69, 9.17) is 9.47 Å². The minimum atomic E-state index is -1.37. The van der Waals surface area contributed by atoms with E-state index in [1.807, 2.05) is 53.7 Å². The van der Waals surface area contributed by atoms with Gasteiger partial charge in [0.2, 0.25) is 6.10 Å². The number of halogens is 1. The topological polar surface area (TPSA) is 110 Å². The zero-order valence-electron chi connectivity index (χ0n) is 27.3. The summed E-state index contributed by atoms with van der Waals surface area (Å²) >= 11 is 0. The van der Waals surface area contributed by atoms with Gasteiger partial charge in [-0.2, -0.15) is 0 Å². The fourth-order valence-electron chi connectivity index (χ4n) is 5.40. The van der Waals surface area contributed by atoms with Crippen molar-refractivity contribution in [2.24, 2.45) is 0 Å². The third-order valence-corrected chi connectivity index (χ3v) is 7.69. The second-order valence-corrected chi connectivity index (χ2v) is 12.1. The minimum Gasteiger partial charge on any atom is -0.491 e. The monoisotopic (exact) mass is 620 g/mol. The zero-order valence-corrected chi connectivity index (χ0v) is 27.3. The maximum Gasteiger partial charge on any atom is 0.349 e. The van der Waals surface area contributed by atoms with Crippen LogP contribution in [0.25, 0.3) is 0 Å². The van der Waals surface area contributed by atoms with Crippen LogP contribution in [-0.2, 0) is 28.9 Å². The SMILES string of the molecule is CCCc1cc(C(=O)C(C)c2cc(CC(=O)O)ccc2OC(C)C)c(F)c(CCC)c1OC(C(=O)O)c1ccc(C(C)C)cc1. The standard InChI is InChI=1S/C37H45FO7/c1-8-10-27-20-30(34(41)23(7)29-18-24(19-32(39)40)12-17-31(29)44-22(5)6)33(38)28(11-9-2)35(27)45-36(37(42)43)26-15-13-25(14-16-26)21(3)4/h12-18,20-23,36H,8-11,19H2,1-7H3,(H,39,40)(H,42,43). The Kier molecular flexibility index (Phi) is 12.3. The molecule has 0 aromatic heterocycles. The lowest BCUT2D eigenvalue weighted by molar-refractivity contribution is -0.145. The normalized spacial score (nSPS) is 12.7. The maximum atomic E-state index is 16.5. The third kappa shape index (κ3) is 8.71. The number of hydrogen-bond acceptors (Lipinski definition) is 5. The van der Waals surface area contributed by atoms with Crippen LogP contribution in [0.1, 0.15) is 123 Å². The molecule has 0 aliphatic rings. The highest BCUT2D eigenvalue weighted by Gasteiger charge is 2.31. The maximum absolute atomic E-state index is 16.5. The number of aryl methyl sites for hydroxylation is 1. The van der Waals surface area contributed by atoms with Gasteiger partial charge in [0, 0.05) is 22.6 Å². The summed E-state index contributed by atoms with van der Waals surface area (Å²) in [6.07, 6.45) is 0.0582. The molecule has 0 aliphatic heterocycles. The number of ether oxygens (including phenoxy) is 2. The first-order valence-electron chi connectivity index (χ1n) is 15.7. The molecule has 0 fully saturated rings. The van der Waals surface area contributed by atoms with Crippen LogP contribution in [-0.4, -0.2) is 34.0 Å². The molecule has 0 aliphatic carbocycles. The van der Waals surface area contributed by atoms with Gasteiger partial charge in [-0.05, 0) is 61.4 Å². The molecular formula is C37H45FO7. The predicted octanol–water partition coefficient (Wildman–Crippen LogP) is 8.46. The minimum absolute atomic E-state index is 0.117. The molecule has 242 valence electrons. The molecule has 2 atom stereocenters. The van der Waals surface area contributed by atoms with Crippen molar-refractivity contribution in [2.75, 3.05) is 0 Å². The van der Waals surface area contributed by atoms with E-state index < -0.39 is 35.6 Å². The first kappa shape index (κ1) is 35.3. The van der Waals surface area contributed by atoms with Crippen molar-refractivity contribution in [3.05, 3.63) is 93.3 Å². The number of ketones is 1. The largest absolute Gasteiger partial charge is 0.491 e. The molecule has 8 heteroatoms. The van der Waals surface area contributed by atoms with Gasteiger partial charge in [0.25, 0.3) is 0 Å². The summed E-state index contributed by atoms with van der Waals surface area (Å²) in [7, 11) is 0. The smallest absolute Gasteiger partial charge is 0.349 e. The summed E-state index contributed by atoms with van der Waals surface area (Å²) in [5.74, 6) is -3.45. The van der Waals surface area contributed by atoms with Crippen molar-refractivity contribution in [2.45, 2.75) is 105 Å². The summed E-state index contributed by atoms with van der Waals surface area (Å²) in [6, 6.07) is 13.6. The van der Waals surface area contributed by atoms with Crippen LogP contribution in [0.5, 0.6) is 11.5 Å². The highest BCUT2D eigenvalue weighted by Crippen LogP contribution is 2.38.